The van der Waals surface area contributed by atoms with Crippen molar-refractivity contribution in [3.8, 4) is 0 Å². The van der Waals surface area contributed by atoms with E-state index in [2.05, 4.69) is 9.88 Å². The van der Waals surface area contributed by atoms with Crippen LogP contribution in [-0.2, 0) is 4.74 Å². The average molecular weight is 277 g/mol. The molecule has 2 N–H and O–H groups in total. The molecule has 1 saturated heterocycles. The topological polar surface area (TPSA) is 51.4 Å². The lowest BCUT2D eigenvalue weighted by Gasteiger charge is -2.38. The van der Waals surface area contributed by atoms with Crippen LogP contribution in [0.4, 0.5) is 5.82 Å². The maximum absolute atomic E-state index is 5.84. The molecule has 1 aromatic rings. The number of nitrogens with two attached hydrogens (primary N) is 1. The van der Waals surface area contributed by atoms with Crippen molar-refractivity contribution in [2.45, 2.75) is 38.3 Å². The van der Waals surface area contributed by atoms with Gasteiger partial charge in [-0.15, -0.1) is 0 Å². The molecule has 19 heavy (non-hydrogen) atoms. The number of fused-ring (bicyclic) bond motifs is 1. The molecule has 0 spiro atoms. The molecule has 1 saturated carbocycles. The van der Waals surface area contributed by atoms with Crippen molar-refractivity contribution in [2.24, 2.45) is 5.73 Å². The Hall–Kier alpha value is -1.20. The van der Waals surface area contributed by atoms with Gasteiger partial charge in [-0.05, 0) is 38.3 Å². The van der Waals surface area contributed by atoms with Crippen LogP contribution in [0.25, 0.3) is 0 Å². The first-order chi connectivity index (χ1) is 9.15. The van der Waals surface area contributed by atoms with Gasteiger partial charge in [0.1, 0.15) is 10.8 Å². The smallest absolute Gasteiger partial charge is 0.129 e. The summed E-state index contributed by atoms with van der Waals surface area (Å²) in [6.45, 7) is 3.66. The van der Waals surface area contributed by atoms with Crippen molar-refractivity contribution in [1.82, 2.24) is 4.98 Å². The fraction of sp³-hybridized carbons (Fsp3) is 0.571. The Morgan fingerprint density at radius 2 is 2.32 bits per heavy atom. The fourth-order valence-electron chi connectivity index (χ4n) is 3.15. The van der Waals surface area contributed by atoms with Gasteiger partial charge < -0.3 is 15.4 Å². The molecule has 2 fully saturated rings. The van der Waals surface area contributed by atoms with E-state index < -0.39 is 0 Å². The lowest BCUT2D eigenvalue weighted by molar-refractivity contribution is 0.0253. The summed E-state index contributed by atoms with van der Waals surface area (Å²) in [5, 5.41) is 0. The Bertz CT molecular complexity index is 505. The second-order valence-electron chi connectivity index (χ2n) is 5.32. The fourth-order valence-corrected chi connectivity index (χ4v) is 3.27. The molecule has 102 valence electrons. The number of ether oxygens (including phenoxy) is 1. The number of morpholine rings is 1. The number of anilines is 1. The van der Waals surface area contributed by atoms with Crippen LogP contribution in [0.15, 0.2) is 12.1 Å². The highest BCUT2D eigenvalue weighted by molar-refractivity contribution is 7.80. The Balaban J connectivity index is 1.94. The molecule has 2 aliphatic rings. The molecule has 0 aromatic carbocycles. The number of hydrogen-bond acceptors (Lipinski definition) is 4. The highest BCUT2D eigenvalue weighted by Gasteiger charge is 2.36. The second-order valence-corrected chi connectivity index (χ2v) is 5.76. The molecule has 0 amide bonds. The van der Waals surface area contributed by atoms with Crippen LogP contribution in [0.5, 0.6) is 0 Å². The van der Waals surface area contributed by atoms with Gasteiger partial charge in [0, 0.05) is 17.8 Å². The predicted molar refractivity (Wildman–Crippen MR) is 79.6 cm³/mol. The number of aromatic nitrogens is 1. The molecule has 0 radical (unpaired) electrons. The first kappa shape index (κ1) is 12.8. The lowest BCUT2D eigenvalue weighted by Crippen LogP contribution is -2.49. The third-order valence-corrected chi connectivity index (χ3v) is 4.24. The molecule has 2 atom stereocenters. The molecular weight excluding hydrogens is 258 g/mol. The van der Waals surface area contributed by atoms with Crippen LogP contribution in [0.1, 0.15) is 30.5 Å². The molecule has 5 heteroatoms. The number of hydrogen-bond donors (Lipinski definition) is 1. The first-order valence-electron chi connectivity index (χ1n) is 6.82. The van der Waals surface area contributed by atoms with E-state index in [1.807, 2.05) is 19.1 Å². The lowest BCUT2D eigenvalue weighted by atomic mass is 10.1. The highest BCUT2D eigenvalue weighted by atomic mass is 32.1. The van der Waals surface area contributed by atoms with Crippen LogP contribution >= 0.6 is 12.2 Å². The Morgan fingerprint density at radius 1 is 1.47 bits per heavy atom. The summed E-state index contributed by atoms with van der Waals surface area (Å²) in [5.74, 6) is 0.989. The summed E-state index contributed by atoms with van der Waals surface area (Å²) in [5.41, 5.74) is 7.61. The minimum Gasteiger partial charge on any atom is -0.389 e. The summed E-state index contributed by atoms with van der Waals surface area (Å²) >= 11 is 5.08. The van der Waals surface area contributed by atoms with Crippen LogP contribution in [-0.4, -0.2) is 35.3 Å². The van der Waals surface area contributed by atoms with E-state index in [1.54, 1.807) is 0 Å². The number of nitrogens with zero attached hydrogens (tertiary/aromatic N) is 2. The molecular formula is C14H19N3OS. The minimum absolute atomic E-state index is 0.365. The van der Waals surface area contributed by atoms with Crippen molar-refractivity contribution in [3.05, 3.63) is 23.4 Å². The van der Waals surface area contributed by atoms with Crippen LogP contribution in [0, 0.1) is 6.92 Å². The van der Waals surface area contributed by atoms with Crippen molar-refractivity contribution in [2.75, 3.05) is 18.1 Å². The third-order valence-electron chi connectivity index (χ3n) is 4.00. The zero-order chi connectivity index (χ0) is 13.4. The van der Waals surface area contributed by atoms with Gasteiger partial charge in [-0.3, -0.25) is 0 Å². The summed E-state index contributed by atoms with van der Waals surface area (Å²) < 4.78 is 5.84. The Morgan fingerprint density at radius 3 is 3.11 bits per heavy atom. The molecule has 3 rings (SSSR count). The summed E-state index contributed by atoms with van der Waals surface area (Å²) in [4.78, 5) is 7.46. The van der Waals surface area contributed by atoms with Gasteiger partial charge in [0.15, 0.2) is 0 Å². The summed E-state index contributed by atoms with van der Waals surface area (Å²) in [6, 6.07) is 4.41. The summed E-state index contributed by atoms with van der Waals surface area (Å²) in [6.07, 6.45) is 3.95. The van der Waals surface area contributed by atoms with Gasteiger partial charge >= 0.3 is 0 Å². The van der Waals surface area contributed by atoms with Crippen molar-refractivity contribution < 1.29 is 4.74 Å². The third kappa shape index (κ3) is 2.44. The van der Waals surface area contributed by atoms with E-state index in [9.17, 15) is 0 Å². The van der Waals surface area contributed by atoms with E-state index in [0.29, 0.717) is 17.1 Å². The summed E-state index contributed by atoms with van der Waals surface area (Å²) in [7, 11) is 0. The van der Waals surface area contributed by atoms with Crippen molar-refractivity contribution in [1.29, 1.82) is 0 Å². The quantitative estimate of drug-likeness (QED) is 0.835. The molecule has 1 aliphatic heterocycles. The molecule has 0 bridgehead atoms. The van der Waals surface area contributed by atoms with E-state index in [4.69, 9.17) is 22.7 Å². The van der Waals surface area contributed by atoms with E-state index in [0.717, 1.165) is 36.6 Å². The maximum Gasteiger partial charge on any atom is 0.129 e. The van der Waals surface area contributed by atoms with Crippen molar-refractivity contribution in [3.63, 3.8) is 0 Å². The van der Waals surface area contributed by atoms with E-state index >= 15 is 0 Å². The first-order valence-corrected chi connectivity index (χ1v) is 7.23. The van der Waals surface area contributed by atoms with Gasteiger partial charge in [0.2, 0.25) is 0 Å². The molecule has 4 nitrogen and oxygen atoms in total. The molecule has 1 aliphatic carbocycles. The normalized spacial score (nSPS) is 26.3. The minimum atomic E-state index is 0.365. The van der Waals surface area contributed by atoms with Gasteiger partial charge in [-0.1, -0.05) is 12.2 Å². The maximum atomic E-state index is 5.84. The standard InChI is InChI=1S/C14H19N3OS/c1-9-7-10(14(15)19)8-13(16-9)17-5-6-18-12-4-2-3-11(12)17/h7-8,11-12H,2-6H2,1H3,(H2,15,19). The zero-order valence-corrected chi connectivity index (χ0v) is 11.9. The average Bonchev–Trinajstić information content (AvgIpc) is 2.85. The van der Waals surface area contributed by atoms with Gasteiger partial charge in [0.05, 0.1) is 18.8 Å². The van der Waals surface area contributed by atoms with Crippen LogP contribution in [0.3, 0.4) is 0 Å². The zero-order valence-electron chi connectivity index (χ0n) is 11.1. The van der Waals surface area contributed by atoms with Crippen LogP contribution < -0.4 is 10.6 Å². The Labute approximate surface area is 118 Å². The largest absolute Gasteiger partial charge is 0.389 e. The number of pyridine rings is 1. The van der Waals surface area contributed by atoms with Gasteiger partial charge in [-0.25, -0.2) is 4.98 Å². The molecule has 2 heterocycles. The Kier molecular flexibility index (Phi) is 3.41. The predicted octanol–water partition coefficient (Wildman–Crippen LogP) is 1.78. The van der Waals surface area contributed by atoms with E-state index in [-0.39, 0.29) is 0 Å². The monoisotopic (exact) mass is 277 g/mol. The molecule has 2 unspecified atom stereocenters. The number of rotatable bonds is 2. The van der Waals surface area contributed by atoms with E-state index in [1.165, 1.54) is 12.8 Å². The second kappa shape index (κ2) is 5.06. The van der Waals surface area contributed by atoms with Gasteiger partial charge in [0.25, 0.3) is 0 Å². The van der Waals surface area contributed by atoms with Crippen molar-refractivity contribution >= 4 is 23.0 Å². The SMILES string of the molecule is Cc1cc(C(N)=S)cc(N2CCOC3CCCC32)n1. The number of thiocarbonyl (C=S) groups is 1. The molecule has 1 aromatic heterocycles. The number of aryl methyl sites for hydroxylation is 1. The highest BCUT2D eigenvalue weighted by Crippen LogP contribution is 2.32. The van der Waals surface area contributed by atoms with Gasteiger partial charge in [-0.2, -0.15) is 0 Å². The van der Waals surface area contributed by atoms with Crippen LogP contribution in [0.2, 0.25) is 0 Å².